The van der Waals surface area contributed by atoms with Crippen LogP contribution in [0.1, 0.15) is 22.8 Å². The Bertz CT molecular complexity index is 801. The average molecular weight is 388 g/mol. The molecule has 7 nitrogen and oxygen atoms in total. The van der Waals surface area contributed by atoms with Gasteiger partial charge in [0.15, 0.2) is 5.03 Å². The summed E-state index contributed by atoms with van der Waals surface area (Å²) in [6, 6.07) is 5.02. The molecule has 0 fully saturated rings. The van der Waals surface area contributed by atoms with Crippen LogP contribution in [0, 0.1) is 6.92 Å². The van der Waals surface area contributed by atoms with E-state index in [9.17, 15) is 13.2 Å². The molecule has 0 radical (unpaired) electrons. The van der Waals surface area contributed by atoms with Gasteiger partial charge in [0.05, 0.1) is 18.5 Å². The quantitative estimate of drug-likeness (QED) is 0.767. The van der Waals surface area contributed by atoms with E-state index in [1.54, 1.807) is 25.1 Å². The number of nitrogens with zero attached hydrogens (tertiary/aromatic N) is 1. The molecule has 0 spiro atoms. The Morgan fingerprint density at radius 2 is 2.18 bits per heavy atom. The summed E-state index contributed by atoms with van der Waals surface area (Å²) in [4.78, 5) is 11.7. The fraction of sp³-hybridized carbons (Fsp3) is 0.231. The minimum absolute atomic E-state index is 0.138. The van der Waals surface area contributed by atoms with Gasteiger partial charge in [0.1, 0.15) is 5.56 Å². The van der Waals surface area contributed by atoms with Gasteiger partial charge >= 0.3 is 5.97 Å². The van der Waals surface area contributed by atoms with Crippen LogP contribution in [-0.4, -0.2) is 31.2 Å². The normalized spacial score (nSPS) is 11.2. The lowest BCUT2D eigenvalue weighted by molar-refractivity contribution is 0.0522. The number of benzene rings is 1. The summed E-state index contributed by atoms with van der Waals surface area (Å²) in [6.07, 6.45) is 1.12. The van der Waals surface area contributed by atoms with E-state index in [0.29, 0.717) is 5.69 Å². The molecular formula is C13H14BrN3O4S. The van der Waals surface area contributed by atoms with Gasteiger partial charge in [-0.25, -0.2) is 4.79 Å². The third kappa shape index (κ3) is 3.47. The van der Waals surface area contributed by atoms with E-state index < -0.39 is 16.0 Å². The van der Waals surface area contributed by atoms with Crippen LogP contribution in [0.3, 0.4) is 0 Å². The number of sulfonamides is 1. The molecule has 0 unspecified atom stereocenters. The lowest BCUT2D eigenvalue weighted by Crippen LogP contribution is -2.17. The topological polar surface area (TPSA) is 101 Å². The first kappa shape index (κ1) is 16.5. The zero-order valence-electron chi connectivity index (χ0n) is 11.9. The predicted octanol–water partition coefficient (Wildman–Crippen LogP) is 2.46. The first-order valence-corrected chi connectivity index (χ1v) is 8.62. The summed E-state index contributed by atoms with van der Waals surface area (Å²) in [7, 11) is -3.98. The van der Waals surface area contributed by atoms with Gasteiger partial charge in [0.25, 0.3) is 10.0 Å². The number of carbonyl (C=O) groups is 1. The maximum Gasteiger partial charge on any atom is 0.342 e. The molecule has 22 heavy (non-hydrogen) atoms. The molecule has 0 atom stereocenters. The van der Waals surface area contributed by atoms with Gasteiger partial charge in [-0.05, 0) is 31.5 Å². The van der Waals surface area contributed by atoms with Crippen molar-refractivity contribution in [1.82, 2.24) is 10.2 Å². The first-order chi connectivity index (χ1) is 10.3. The predicted molar refractivity (Wildman–Crippen MR) is 84.2 cm³/mol. The molecule has 0 bridgehead atoms. The number of hydrogen-bond donors (Lipinski definition) is 2. The molecule has 0 aliphatic carbocycles. The molecule has 0 amide bonds. The summed E-state index contributed by atoms with van der Waals surface area (Å²) in [5.74, 6) is -0.748. The minimum Gasteiger partial charge on any atom is -0.462 e. The van der Waals surface area contributed by atoms with Gasteiger partial charge in [0, 0.05) is 4.47 Å². The molecule has 118 valence electrons. The summed E-state index contributed by atoms with van der Waals surface area (Å²) < 4.78 is 32.7. The molecule has 0 aliphatic rings. The fourth-order valence-corrected chi connectivity index (χ4v) is 3.21. The van der Waals surface area contributed by atoms with Gasteiger partial charge < -0.3 is 4.74 Å². The van der Waals surface area contributed by atoms with Crippen molar-refractivity contribution in [1.29, 1.82) is 0 Å². The van der Waals surface area contributed by atoms with Crippen molar-refractivity contribution in [2.45, 2.75) is 18.9 Å². The highest BCUT2D eigenvalue weighted by molar-refractivity contribution is 9.10. The third-order valence-corrected chi connectivity index (χ3v) is 5.00. The number of hydrogen-bond acceptors (Lipinski definition) is 5. The highest BCUT2D eigenvalue weighted by atomic mass is 79.9. The number of nitrogens with one attached hydrogen (secondary N) is 2. The van der Waals surface area contributed by atoms with Crippen LogP contribution in [0.25, 0.3) is 0 Å². The number of esters is 1. The number of halogens is 1. The van der Waals surface area contributed by atoms with E-state index >= 15 is 0 Å². The van der Waals surface area contributed by atoms with Crippen molar-refractivity contribution < 1.29 is 17.9 Å². The smallest absolute Gasteiger partial charge is 0.342 e. The number of ether oxygens (including phenoxy) is 1. The molecule has 2 rings (SSSR count). The second-order valence-electron chi connectivity index (χ2n) is 4.40. The Morgan fingerprint density at radius 3 is 2.82 bits per heavy atom. The van der Waals surface area contributed by atoms with Crippen LogP contribution in [0.5, 0.6) is 0 Å². The Morgan fingerprint density at radius 1 is 1.45 bits per heavy atom. The van der Waals surface area contributed by atoms with E-state index in [-0.39, 0.29) is 17.2 Å². The summed E-state index contributed by atoms with van der Waals surface area (Å²) >= 11 is 3.33. The van der Waals surface area contributed by atoms with Crippen molar-refractivity contribution in [2.75, 3.05) is 11.3 Å². The number of anilines is 1. The molecule has 0 saturated carbocycles. The molecule has 0 saturated heterocycles. The highest BCUT2D eigenvalue weighted by Crippen LogP contribution is 2.23. The van der Waals surface area contributed by atoms with Crippen LogP contribution in [0.4, 0.5) is 5.69 Å². The maximum atomic E-state index is 12.4. The highest BCUT2D eigenvalue weighted by Gasteiger charge is 2.26. The number of H-pyrrole nitrogens is 1. The molecule has 0 aliphatic heterocycles. The Labute approximate surface area is 136 Å². The zero-order valence-corrected chi connectivity index (χ0v) is 14.3. The van der Waals surface area contributed by atoms with E-state index in [0.717, 1.165) is 16.2 Å². The Balaban J connectivity index is 2.33. The molecule has 1 aromatic carbocycles. The van der Waals surface area contributed by atoms with Crippen LogP contribution in [0.2, 0.25) is 0 Å². The average Bonchev–Trinajstić information content (AvgIpc) is 2.93. The third-order valence-electron chi connectivity index (χ3n) is 2.79. The van der Waals surface area contributed by atoms with Crippen LogP contribution in [-0.2, 0) is 14.8 Å². The standard InChI is InChI=1S/C13H14BrN3O4S/c1-3-21-13(18)10-7-15-16-12(10)22(19,20)17-9-5-4-8(2)11(14)6-9/h4-7,17H,3H2,1-2H3,(H,15,16). The first-order valence-electron chi connectivity index (χ1n) is 6.34. The van der Waals surface area contributed by atoms with E-state index in [1.807, 2.05) is 6.92 Å². The van der Waals surface area contributed by atoms with Gasteiger partial charge in [-0.1, -0.05) is 22.0 Å². The molecule has 1 aromatic heterocycles. The van der Waals surface area contributed by atoms with Crippen molar-refractivity contribution in [3.05, 3.63) is 40.0 Å². The van der Waals surface area contributed by atoms with Crippen LogP contribution in [0.15, 0.2) is 33.9 Å². The largest absolute Gasteiger partial charge is 0.462 e. The SMILES string of the molecule is CCOC(=O)c1cn[nH]c1S(=O)(=O)Nc1ccc(C)c(Br)c1. The number of rotatable bonds is 5. The fourth-order valence-electron chi connectivity index (χ4n) is 1.70. The van der Waals surface area contributed by atoms with Gasteiger partial charge in [-0.15, -0.1) is 0 Å². The van der Waals surface area contributed by atoms with Crippen molar-refractivity contribution in [3.63, 3.8) is 0 Å². The Hall–Kier alpha value is -1.87. The van der Waals surface area contributed by atoms with Gasteiger partial charge in [-0.2, -0.15) is 13.5 Å². The van der Waals surface area contributed by atoms with Crippen molar-refractivity contribution >= 4 is 37.6 Å². The van der Waals surface area contributed by atoms with Gasteiger partial charge in [0.2, 0.25) is 0 Å². The minimum atomic E-state index is -3.98. The van der Waals surface area contributed by atoms with Gasteiger partial charge in [-0.3, -0.25) is 9.82 Å². The summed E-state index contributed by atoms with van der Waals surface area (Å²) in [5, 5.41) is 5.60. The maximum absolute atomic E-state index is 12.4. The number of aryl methyl sites for hydroxylation is 1. The second kappa shape index (κ2) is 6.49. The molecular weight excluding hydrogens is 374 g/mol. The molecule has 1 heterocycles. The lowest BCUT2D eigenvalue weighted by Gasteiger charge is -2.09. The van der Waals surface area contributed by atoms with Crippen molar-refractivity contribution in [3.8, 4) is 0 Å². The van der Waals surface area contributed by atoms with Crippen molar-refractivity contribution in [2.24, 2.45) is 0 Å². The molecule has 9 heteroatoms. The monoisotopic (exact) mass is 387 g/mol. The molecule has 2 N–H and O–H groups in total. The lowest BCUT2D eigenvalue weighted by atomic mass is 10.2. The van der Waals surface area contributed by atoms with Crippen LogP contribution < -0.4 is 4.72 Å². The summed E-state index contributed by atoms with van der Waals surface area (Å²) in [6.45, 7) is 3.66. The zero-order chi connectivity index (χ0) is 16.3. The second-order valence-corrected chi connectivity index (χ2v) is 6.88. The Kier molecular flexibility index (Phi) is 4.87. The molecule has 2 aromatic rings. The van der Waals surface area contributed by atoms with E-state index in [4.69, 9.17) is 4.74 Å². The number of aromatic amines is 1. The summed E-state index contributed by atoms with van der Waals surface area (Å²) in [5.41, 5.74) is 1.19. The number of carbonyl (C=O) groups excluding carboxylic acids is 1. The van der Waals surface area contributed by atoms with Crippen LogP contribution >= 0.6 is 15.9 Å². The number of aromatic nitrogens is 2. The van der Waals surface area contributed by atoms with E-state index in [1.165, 1.54) is 0 Å². The van der Waals surface area contributed by atoms with E-state index in [2.05, 4.69) is 30.8 Å².